The number of benzene rings is 1. The molecule has 0 bridgehead atoms. The Balaban J connectivity index is 2.08. The van der Waals surface area contributed by atoms with Gasteiger partial charge >= 0.3 is 0 Å². The number of aromatic nitrogens is 1. The second kappa shape index (κ2) is 6.83. The minimum Gasteiger partial charge on any atom is -0.292 e. The zero-order valence-electron chi connectivity index (χ0n) is 12.5. The van der Waals surface area contributed by atoms with E-state index < -0.39 is 0 Å². The molecule has 2 rings (SSSR count). The summed E-state index contributed by atoms with van der Waals surface area (Å²) in [6, 6.07) is 12.8. The van der Waals surface area contributed by atoms with Crippen molar-refractivity contribution in [2.24, 2.45) is 0 Å². The van der Waals surface area contributed by atoms with Gasteiger partial charge in [0.15, 0.2) is 5.78 Å². The molecule has 0 aliphatic carbocycles. The van der Waals surface area contributed by atoms with Crippen LogP contribution in [0.25, 0.3) is 0 Å². The van der Waals surface area contributed by atoms with Gasteiger partial charge in [-0.25, -0.2) is 0 Å². The number of nitrogens with zero attached hydrogens (tertiary/aromatic N) is 2. The van der Waals surface area contributed by atoms with E-state index in [1.54, 1.807) is 24.3 Å². The molecule has 0 aliphatic rings. The topological polar surface area (TPSA) is 33.2 Å². The van der Waals surface area contributed by atoms with E-state index in [1.165, 1.54) is 0 Å². The Morgan fingerprint density at radius 3 is 2.67 bits per heavy atom. The van der Waals surface area contributed by atoms with E-state index in [4.69, 9.17) is 11.6 Å². The first-order chi connectivity index (χ1) is 9.97. The largest absolute Gasteiger partial charge is 0.292 e. The summed E-state index contributed by atoms with van der Waals surface area (Å²) in [5.41, 5.74) is 2.58. The minimum absolute atomic E-state index is 0.0626. The molecule has 0 N–H and O–H groups in total. The van der Waals surface area contributed by atoms with Crippen LogP contribution in [0.15, 0.2) is 42.5 Å². The number of carbonyl (C=O) groups is 1. The van der Waals surface area contributed by atoms with Crippen LogP contribution >= 0.6 is 11.6 Å². The molecule has 0 saturated heterocycles. The standard InChI is InChI=1S/C17H19ClN2O/c1-12-6-4-9-16(19-12)11-20(3)13(2)17(21)14-7-5-8-15(18)10-14/h4-10,13H,11H2,1-3H3. The third kappa shape index (κ3) is 4.13. The Kier molecular flexibility index (Phi) is 5.10. The van der Waals surface area contributed by atoms with Crippen molar-refractivity contribution >= 4 is 17.4 Å². The first kappa shape index (κ1) is 15.7. The van der Waals surface area contributed by atoms with Crippen LogP contribution in [0.4, 0.5) is 0 Å². The van der Waals surface area contributed by atoms with Crippen LogP contribution in [0.3, 0.4) is 0 Å². The Bertz CT molecular complexity index is 642. The molecule has 21 heavy (non-hydrogen) atoms. The number of aryl methyl sites for hydroxylation is 1. The van der Waals surface area contributed by atoms with Gasteiger partial charge in [-0.2, -0.15) is 0 Å². The molecule has 0 fully saturated rings. The summed E-state index contributed by atoms with van der Waals surface area (Å²) < 4.78 is 0. The van der Waals surface area contributed by atoms with Gasteiger partial charge in [0, 0.05) is 22.8 Å². The molecule has 0 spiro atoms. The highest BCUT2D eigenvalue weighted by Gasteiger charge is 2.20. The molecule has 2 aromatic rings. The summed E-state index contributed by atoms with van der Waals surface area (Å²) >= 11 is 5.94. The molecule has 1 unspecified atom stereocenters. The number of rotatable bonds is 5. The van der Waals surface area contributed by atoms with Crippen molar-refractivity contribution < 1.29 is 4.79 Å². The predicted molar refractivity (Wildman–Crippen MR) is 85.7 cm³/mol. The van der Waals surface area contributed by atoms with Gasteiger partial charge in [-0.3, -0.25) is 14.7 Å². The number of likely N-dealkylation sites (N-methyl/N-ethyl adjacent to an activating group) is 1. The van der Waals surface area contributed by atoms with Gasteiger partial charge < -0.3 is 0 Å². The van der Waals surface area contributed by atoms with E-state index in [1.807, 2.05) is 44.0 Å². The molecule has 1 aromatic carbocycles. The number of Topliss-reactive ketones (excluding diaryl/α,β-unsaturated/α-hetero) is 1. The molecule has 3 nitrogen and oxygen atoms in total. The van der Waals surface area contributed by atoms with Crippen LogP contribution in [0, 0.1) is 6.92 Å². The summed E-state index contributed by atoms with van der Waals surface area (Å²) in [5, 5.41) is 0.580. The molecule has 0 saturated carbocycles. The smallest absolute Gasteiger partial charge is 0.179 e. The van der Waals surface area contributed by atoms with Crippen LogP contribution in [0.1, 0.15) is 28.7 Å². The molecular formula is C17H19ClN2O. The van der Waals surface area contributed by atoms with Crippen LogP contribution in [0.5, 0.6) is 0 Å². The second-order valence-corrected chi connectivity index (χ2v) is 5.67. The van der Waals surface area contributed by atoms with Gasteiger partial charge in [0.05, 0.1) is 11.7 Å². The molecule has 0 radical (unpaired) electrons. The fraction of sp³-hybridized carbons (Fsp3) is 0.294. The Hall–Kier alpha value is -1.71. The van der Waals surface area contributed by atoms with Crippen molar-refractivity contribution in [3.8, 4) is 0 Å². The Labute approximate surface area is 130 Å². The lowest BCUT2D eigenvalue weighted by Crippen LogP contribution is -2.35. The summed E-state index contributed by atoms with van der Waals surface area (Å²) in [7, 11) is 1.93. The van der Waals surface area contributed by atoms with Crippen molar-refractivity contribution in [1.29, 1.82) is 0 Å². The van der Waals surface area contributed by atoms with Crippen molar-refractivity contribution in [3.63, 3.8) is 0 Å². The number of pyridine rings is 1. The molecule has 0 aliphatic heterocycles. The SMILES string of the molecule is Cc1cccc(CN(C)C(C)C(=O)c2cccc(Cl)c2)n1. The Morgan fingerprint density at radius 1 is 1.29 bits per heavy atom. The number of hydrogen-bond donors (Lipinski definition) is 0. The van der Waals surface area contributed by atoms with Gasteiger partial charge in [0.25, 0.3) is 0 Å². The zero-order chi connectivity index (χ0) is 15.4. The summed E-state index contributed by atoms with van der Waals surface area (Å²) in [6.45, 7) is 4.50. The van der Waals surface area contributed by atoms with Gasteiger partial charge in [-0.05, 0) is 45.2 Å². The van der Waals surface area contributed by atoms with E-state index >= 15 is 0 Å². The van der Waals surface area contributed by atoms with Crippen LogP contribution in [-0.2, 0) is 6.54 Å². The molecule has 1 heterocycles. The maximum Gasteiger partial charge on any atom is 0.179 e. The van der Waals surface area contributed by atoms with E-state index in [0.717, 1.165) is 11.4 Å². The normalized spacial score (nSPS) is 12.4. The van der Waals surface area contributed by atoms with Gasteiger partial charge in [0.2, 0.25) is 0 Å². The molecule has 1 aromatic heterocycles. The molecular weight excluding hydrogens is 284 g/mol. The maximum absolute atomic E-state index is 12.5. The van der Waals surface area contributed by atoms with Crippen LogP contribution < -0.4 is 0 Å². The highest BCUT2D eigenvalue weighted by atomic mass is 35.5. The van der Waals surface area contributed by atoms with E-state index in [9.17, 15) is 4.79 Å². The number of carbonyl (C=O) groups excluding carboxylic acids is 1. The van der Waals surface area contributed by atoms with Crippen LogP contribution in [-0.4, -0.2) is 28.8 Å². The van der Waals surface area contributed by atoms with Gasteiger partial charge in [-0.1, -0.05) is 29.8 Å². The van der Waals surface area contributed by atoms with Crippen molar-refractivity contribution in [3.05, 3.63) is 64.4 Å². The molecule has 0 amide bonds. The molecule has 1 atom stereocenters. The highest BCUT2D eigenvalue weighted by molar-refractivity contribution is 6.31. The first-order valence-electron chi connectivity index (χ1n) is 6.90. The molecule has 4 heteroatoms. The maximum atomic E-state index is 12.5. The van der Waals surface area contributed by atoms with E-state index in [2.05, 4.69) is 4.98 Å². The number of halogens is 1. The lowest BCUT2D eigenvalue weighted by atomic mass is 10.0. The summed E-state index contributed by atoms with van der Waals surface area (Å²) in [4.78, 5) is 18.9. The van der Waals surface area contributed by atoms with Gasteiger partial charge in [-0.15, -0.1) is 0 Å². The number of hydrogen-bond acceptors (Lipinski definition) is 3. The van der Waals surface area contributed by atoms with Crippen molar-refractivity contribution in [2.45, 2.75) is 26.4 Å². The van der Waals surface area contributed by atoms with Crippen LogP contribution in [0.2, 0.25) is 5.02 Å². The summed E-state index contributed by atoms with van der Waals surface area (Å²) in [6.07, 6.45) is 0. The monoisotopic (exact) mass is 302 g/mol. The third-order valence-corrected chi connectivity index (χ3v) is 3.74. The highest BCUT2D eigenvalue weighted by Crippen LogP contribution is 2.15. The lowest BCUT2D eigenvalue weighted by Gasteiger charge is -2.23. The fourth-order valence-corrected chi connectivity index (χ4v) is 2.35. The average molecular weight is 303 g/mol. The minimum atomic E-state index is -0.231. The van der Waals surface area contributed by atoms with E-state index in [-0.39, 0.29) is 11.8 Å². The predicted octanol–water partition coefficient (Wildman–Crippen LogP) is 3.75. The average Bonchev–Trinajstić information content (AvgIpc) is 2.45. The third-order valence-electron chi connectivity index (χ3n) is 3.51. The second-order valence-electron chi connectivity index (χ2n) is 5.24. The summed E-state index contributed by atoms with van der Waals surface area (Å²) in [5.74, 6) is 0.0626. The van der Waals surface area contributed by atoms with Gasteiger partial charge in [0.1, 0.15) is 0 Å². The lowest BCUT2D eigenvalue weighted by molar-refractivity contribution is 0.0861. The number of ketones is 1. The van der Waals surface area contributed by atoms with Crippen molar-refractivity contribution in [2.75, 3.05) is 7.05 Å². The quantitative estimate of drug-likeness (QED) is 0.789. The van der Waals surface area contributed by atoms with Crippen molar-refractivity contribution in [1.82, 2.24) is 9.88 Å². The molecule has 110 valence electrons. The first-order valence-corrected chi connectivity index (χ1v) is 7.27. The fourth-order valence-electron chi connectivity index (χ4n) is 2.16. The zero-order valence-corrected chi connectivity index (χ0v) is 13.3. The Morgan fingerprint density at radius 2 is 2.00 bits per heavy atom. The van der Waals surface area contributed by atoms with E-state index in [0.29, 0.717) is 17.1 Å².